The van der Waals surface area contributed by atoms with Gasteiger partial charge >= 0.3 is 0 Å². The lowest BCUT2D eigenvalue weighted by Crippen LogP contribution is -2.19. The van der Waals surface area contributed by atoms with Gasteiger partial charge in [-0.15, -0.1) is 0 Å². The van der Waals surface area contributed by atoms with Gasteiger partial charge in [0.05, 0.1) is 25.6 Å². The van der Waals surface area contributed by atoms with Gasteiger partial charge in [0.2, 0.25) is 0 Å². The van der Waals surface area contributed by atoms with Crippen LogP contribution in [0.4, 0.5) is 0 Å². The van der Waals surface area contributed by atoms with E-state index < -0.39 is 20.2 Å². The van der Waals surface area contributed by atoms with E-state index in [1.807, 2.05) is 0 Å². The first-order valence-corrected chi connectivity index (χ1v) is 18.7. The first-order chi connectivity index (χ1) is 21.3. The molecule has 4 heterocycles. The van der Waals surface area contributed by atoms with Crippen LogP contribution in [0, 0.1) is 5.92 Å². The van der Waals surface area contributed by atoms with Crippen molar-refractivity contribution in [2.24, 2.45) is 15.9 Å². The molecule has 0 atom stereocenters. The molecule has 2 aromatic heterocycles. The molecular formula is C31H40N6O6S2. The predicted molar refractivity (Wildman–Crippen MR) is 179 cm³/mol. The van der Waals surface area contributed by atoms with Crippen LogP contribution in [0.3, 0.4) is 0 Å². The van der Waals surface area contributed by atoms with E-state index in [4.69, 9.17) is 9.11 Å². The summed E-state index contributed by atoms with van der Waals surface area (Å²) < 4.78 is 51.7. The van der Waals surface area contributed by atoms with Crippen LogP contribution in [0.15, 0.2) is 58.8 Å². The number of nitrogens with one attached hydrogen (secondary N) is 4. The molecule has 0 spiro atoms. The maximum Gasteiger partial charge on any atom is 0.261 e. The summed E-state index contributed by atoms with van der Waals surface area (Å²) in [5.74, 6) is 3.06. The summed E-state index contributed by atoms with van der Waals surface area (Å²) in [7, 11) is -7.33. The van der Waals surface area contributed by atoms with Gasteiger partial charge in [0.15, 0.2) is 0 Å². The molecule has 1 fully saturated rings. The van der Waals surface area contributed by atoms with Crippen molar-refractivity contribution in [1.82, 2.24) is 20.6 Å². The van der Waals surface area contributed by atoms with Crippen LogP contribution in [0.1, 0.15) is 60.3 Å². The monoisotopic (exact) mass is 656 g/mol. The van der Waals surface area contributed by atoms with Crippen molar-refractivity contribution in [2.45, 2.75) is 38.0 Å². The minimum absolute atomic E-state index is 0.374. The van der Waals surface area contributed by atoms with E-state index in [2.05, 4.69) is 79.4 Å². The third kappa shape index (κ3) is 8.72. The van der Waals surface area contributed by atoms with Crippen molar-refractivity contribution >= 4 is 53.7 Å². The van der Waals surface area contributed by atoms with Crippen molar-refractivity contribution < 1.29 is 25.9 Å². The third-order valence-corrected chi connectivity index (χ3v) is 8.11. The molecule has 0 radical (unpaired) electrons. The van der Waals surface area contributed by atoms with Gasteiger partial charge in [-0.25, -0.2) is 0 Å². The number of amidine groups is 2. The molecule has 242 valence electrons. The van der Waals surface area contributed by atoms with E-state index >= 15 is 0 Å². The van der Waals surface area contributed by atoms with Crippen molar-refractivity contribution in [3.63, 3.8) is 0 Å². The molecule has 0 unspecified atom stereocenters. The van der Waals surface area contributed by atoms with Crippen molar-refractivity contribution in [3.8, 4) is 0 Å². The van der Waals surface area contributed by atoms with Crippen LogP contribution in [0.2, 0.25) is 0 Å². The molecule has 1 saturated carbocycles. The summed E-state index contributed by atoms with van der Waals surface area (Å²) in [5.41, 5.74) is 7.57. The Morgan fingerprint density at radius 2 is 1.13 bits per heavy atom. The van der Waals surface area contributed by atoms with Crippen molar-refractivity contribution in [3.05, 3.63) is 71.0 Å². The highest BCUT2D eigenvalue weighted by Crippen LogP contribution is 2.45. The number of aromatic nitrogens is 2. The Morgan fingerprint density at radius 1 is 0.711 bits per heavy atom. The highest BCUT2D eigenvalue weighted by atomic mass is 32.2. The quantitative estimate of drug-likeness (QED) is 0.173. The normalized spacial score (nSPS) is 17.2. The maximum atomic E-state index is 9.19. The Morgan fingerprint density at radius 3 is 1.51 bits per heavy atom. The average molecular weight is 657 g/mol. The Balaban J connectivity index is 0.000000351. The van der Waals surface area contributed by atoms with Crippen LogP contribution in [0.25, 0.3) is 21.8 Å². The number of H-pyrrole nitrogens is 2. The summed E-state index contributed by atoms with van der Waals surface area (Å²) in [6, 6.07) is 13.6. The molecule has 4 aromatic rings. The zero-order valence-electron chi connectivity index (χ0n) is 25.4. The van der Waals surface area contributed by atoms with Gasteiger partial charge in [-0.1, -0.05) is 43.5 Å². The zero-order valence-corrected chi connectivity index (χ0v) is 27.0. The number of hydrogen-bond acceptors (Lipinski definition) is 8. The molecule has 0 saturated heterocycles. The molecule has 45 heavy (non-hydrogen) atoms. The highest BCUT2D eigenvalue weighted by Gasteiger charge is 2.30. The van der Waals surface area contributed by atoms with E-state index in [1.54, 1.807) is 0 Å². The van der Waals surface area contributed by atoms with E-state index in [9.17, 15) is 16.8 Å². The number of benzene rings is 2. The van der Waals surface area contributed by atoms with E-state index in [0.29, 0.717) is 24.3 Å². The Labute approximate surface area is 263 Å². The van der Waals surface area contributed by atoms with E-state index in [0.717, 1.165) is 37.9 Å². The van der Waals surface area contributed by atoms with Gasteiger partial charge in [-0.05, 0) is 42.0 Å². The number of nitrogens with zero attached hydrogens (tertiary/aromatic N) is 2. The summed E-state index contributed by atoms with van der Waals surface area (Å²) in [6.45, 7) is 3.58. The lowest BCUT2D eigenvalue weighted by molar-refractivity contribution is 0.329. The first kappa shape index (κ1) is 32.7. The fourth-order valence-corrected chi connectivity index (χ4v) is 6.43. The summed E-state index contributed by atoms with van der Waals surface area (Å²) in [4.78, 5) is 16.4. The van der Waals surface area contributed by atoms with Crippen LogP contribution in [0.5, 0.6) is 0 Å². The fraction of sp³-hybridized carbons (Fsp3) is 0.419. The van der Waals surface area contributed by atoms with Gasteiger partial charge in [0.25, 0.3) is 20.2 Å². The molecule has 12 nitrogen and oxygen atoms in total. The second-order valence-electron chi connectivity index (χ2n) is 11.7. The lowest BCUT2D eigenvalue weighted by atomic mass is 9.73. The number of aliphatic imine (C=N–C) groups is 2. The predicted octanol–water partition coefficient (Wildman–Crippen LogP) is 4.07. The van der Waals surface area contributed by atoms with Gasteiger partial charge in [0, 0.05) is 64.3 Å². The van der Waals surface area contributed by atoms with Gasteiger partial charge in [-0.2, -0.15) is 16.8 Å². The smallest absolute Gasteiger partial charge is 0.261 e. The molecular weight excluding hydrogens is 617 g/mol. The van der Waals surface area contributed by atoms with Crippen molar-refractivity contribution in [2.75, 3.05) is 38.7 Å². The number of aromatic amines is 2. The standard InChI is InChI=1S/C29H32N6.2CH4O3S/c1-2-4-18(5-3-1)27(23-16-34-25-14-19(6-8-21(23)25)28-30-10-11-31-28)24-17-35-26-15-20(7-9-22(24)26)29-32-12-13-33-29;2*1-5(2,3)4/h6-9,14-18,27,34-35H,1-5,10-13H2,(H,30,31)(H,32,33);2*1H3,(H,2,3,4). The van der Waals surface area contributed by atoms with E-state index in [-0.39, 0.29) is 0 Å². The molecule has 0 amide bonds. The maximum absolute atomic E-state index is 9.19. The van der Waals surface area contributed by atoms with Crippen LogP contribution in [-0.4, -0.2) is 86.3 Å². The number of hydrogen-bond donors (Lipinski definition) is 6. The van der Waals surface area contributed by atoms with Crippen LogP contribution in [-0.2, 0) is 20.2 Å². The highest BCUT2D eigenvalue weighted by molar-refractivity contribution is 7.85. The Hall–Kier alpha value is -3.72. The summed E-state index contributed by atoms with van der Waals surface area (Å²) in [6.07, 6.45) is 12.6. The third-order valence-electron chi connectivity index (χ3n) is 8.11. The average Bonchev–Trinajstić information content (AvgIpc) is 3.80. The molecule has 6 N–H and O–H groups in total. The molecule has 2 aromatic carbocycles. The molecule has 14 heteroatoms. The van der Waals surface area contributed by atoms with E-state index in [1.165, 1.54) is 76.2 Å². The largest absolute Gasteiger partial charge is 0.368 e. The van der Waals surface area contributed by atoms with Crippen LogP contribution < -0.4 is 10.6 Å². The molecule has 0 bridgehead atoms. The Bertz CT molecular complexity index is 1790. The molecule has 3 aliphatic rings. The topological polar surface area (TPSA) is 189 Å². The second kappa shape index (κ2) is 13.7. The van der Waals surface area contributed by atoms with Gasteiger partial charge in [0.1, 0.15) is 11.7 Å². The minimum Gasteiger partial charge on any atom is -0.368 e. The van der Waals surface area contributed by atoms with Gasteiger partial charge in [-0.3, -0.25) is 19.1 Å². The van der Waals surface area contributed by atoms with Crippen LogP contribution >= 0.6 is 0 Å². The summed E-state index contributed by atoms with van der Waals surface area (Å²) in [5, 5.41) is 9.47. The fourth-order valence-electron chi connectivity index (χ4n) is 6.43. The zero-order chi connectivity index (χ0) is 32.2. The molecule has 7 rings (SSSR count). The first-order valence-electron chi connectivity index (χ1n) is 15.0. The van der Waals surface area contributed by atoms with Crippen molar-refractivity contribution in [1.29, 1.82) is 0 Å². The number of rotatable bonds is 5. The summed E-state index contributed by atoms with van der Waals surface area (Å²) >= 11 is 0. The molecule has 2 aliphatic heterocycles. The Kier molecular flexibility index (Phi) is 9.97. The van der Waals surface area contributed by atoms with Gasteiger partial charge < -0.3 is 20.6 Å². The lowest BCUT2D eigenvalue weighted by Gasteiger charge is -2.30. The number of fused-ring (bicyclic) bond motifs is 2. The molecule has 1 aliphatic carbocycles. The second-order valence-corrected chi connectivity index (χ2v) is 14.6. The minimum atomic E-state index is -3.67. The SMILES string of the molecule is CS(=O)(=O)O.CS(=O)(=O)O.c1cc2c(C(c3c[nH]c4cc(C5=NCCN5)ccc34)C3CCCCC3)c[nH]c2cc1C1=NCCN1.